The molecule has 1 N–H and O–H groups in total. The fourth-order valence-corrected chi connectivity index (χ4v) is 5.00. The topological polar surface area (TPSA) is 110 Å². The van der Waals surface area contributed by atoms with Crippen LogP contribution in [-0.4, -0.2) is 40.9 Å². The van der Waals surface area contributed by atoms with Crippen LogP contribution in [0.2, 0.25) is 0 Å². The highest BCUT2D eigenvalue weighted by atomic mass is 32.2. The molecule has 29 heavy (non-hydrogen) atoms. The summed E-state index contributed by atoms with van der Waals surface area (Å²) in [5.74, 6) is -0.392. The third-order valence-electron chi connectivity index (χ3n) is 5.17. The van der Waals surface area contributed by atoms with Gasteiger partial charge in [-0.3, -0.25) is 14.2 Å². The van der Waals surface area contributed by atoms with Crippen LogP contribution in [0.25, 0.3) is 0 Å². The summed E-state index contributed by atoms with van der Waals surface area (Å²) in [6.07, 6.45) is 1.79. The van der Waals surface area contributed by atoms with Crippen molar-refractivity contribution in [3.63, 3.8) is 0 Å². The molecule has 1 amide bonds. The summed E-state index contributed by atoms with van der Waals surface area (Å²) in [4.78, 5) is 36.1. The third-order valence-corrected chi connectivity index (χ3v) is 7.05. The molecule has 0 saturated carbocycles. The van der Waals surface area contributed by atoms with E-state index in [1.54, 1.807) is 0 Å². The molecule has 1 fully saturated rings. The predicted molar refractivity (Wildman–Crippen MR) is 107 cm³/mol. The van der Waals surface area contributed by atoms with Crippen LogP contribution in [0, 0.1) is 5.92 Å². The molecule has 0 atom stereocenters. The van der Waals surface area contributed by atoms with Crippen molar-refractivity contribution in [1.29, 1.82) is 0 Å². The van der Waals surface area contributed by atoms with E-state index in [9.17, 15) is 22.8 Å². The number of rotatable bonds is 5. The van der Waals surface area contributed by atoms with Gasteiger partial charge in [0, 0.05) is 45.8 Å². The minimum absolute atomic E-state index is 0.107. The maximum atomic E-state index is 12.9. The number of aromatic nitrogens is 2. The molecular formula is C19H24N4O5S. The first-order chi connectivity index (χ1) is 13.7. The number of benzene rings is 1. The van der Waals surface area contributed by atoms with Gasteiger partial charge in [0.05, 0.1) is 0 Å². The first-order valence-corrected chi connectivity index (χ1v) is 10.7. The molecule has 1 aromatic heterocycles. The number of carbonyl (C=O) groups is 1. The molecule has 2 heterocycles. The van der Waals surface area contributed by atoms with E-state index in [2.05, 4.69) is 5.32 Å². The fourth-order valence-electron chi connectivity index (χ4n) is 3.38. The Hall–Kier alpha value is -2.72. The summed E-state index contributed by atoms with van der Waals surface area (Å²) < 4.78 is 28.9. The zero-order chi connectivity index (χ0) is 21.2. The Morgan fingerprint density at radius 3 is 2.34 bits per heavy atom. The number of piperidine rings is 1. The van der Waals surface area contributed by atoms with E-state index in [4.69, 9.17) is 0 Å². The van der Waals surface area contributed by atoms with Crippen LogP contribution in [-0.2, 0) is 35.5 Å². The zero-order valence-corrected chi connectivity index (χ0v) is 17.2. The van der Waals surface area contributed by atoms with Crippen molar-refractivity contribution in [2.24, 2.45) is 20.0 Å². The van der Waals surface area contributed by atoms with Crippen molar-refractivity contribution in [3.05, 3.63) is 62.9 Å². The molecule has 0 aliphatic carbocycles. The Bertz CT molecular complexity index is 1110. The molecule has 1 aromatic carbocycles. The second-order valence-corrected chi connectivity index (χ2v) is 9.04. The number of hydrogen-bond acceptors (Lipinski definition) is 5. The molecule has 1 aliphatic heterocycles. The molecule has 0 bridgehead atoms. The molecule has 1 saturated heterocycles. The highest BCUT2D eigenvalue weighted by Gasteiger charge is 2.34. The van der Waals surface area contributed by atoms with Gasteiger partial charge < -0.3 is 9.88 Å². The Labute approximate surface area is 168 Å². The maximum Gasteiger partial charge on any atom is 0.330 e. The van der Waals surface area contributed by atoms with Crippen LogP contribution in [0.5, 0.6) is 0 Å². The second-order valence-electron chi connectivity index (χ2n) is 7.13. The highest BCUT2D eigenvalue weighted by Crippen LogP contribution is 2.22. The Morgan fingerprint density at radius 1 is 1.10 bits per heavy atom. The maximum absolute atomic E-state index is 12.9. The van der Waals surface area contributed by atoms with Gasteiger partial charge in [-0.25, -0.2) is 13.2 Å². The van der Waals surface area contributed by atoms with E-state index in [-0.39, 0.29) is 24.9 Å². The van der Waals surface area contributed by atoms with Crippen molar-refractivity contribution in [3.8, 4) is 0 Å². The van der Waals surface area contributed by atoms with Crippen molar-refractivity contribution in [2.75, 3.05) is 13.1 Å². The molecule has 9 nitrogen and oxygen atoms in total. The predicted octanol–water partition coefficient (Wildman–Crippen LogP) is -0.199. The quantitative estimate of drug-likeness (QED) is 0.720. The summed E-state index contributed by atoms with van der Waals surface area (Å²) in [6, 6.07) is 9.54. The summed E-state index contributed by atoms with van der Waals surface area (Å²) in [5.41, 5.74) is -0.454. The number of hydrogen-bond donors (Lipinski definition) is 1. The normalized spacial score (nSPS) is 15.9. The third kappa shape index (κ3) is 4.33. The van der Waals surface area contributed by atoms with Crippen molar-refractivity contribution in [2.45, 2.75) is 24.3 Å². The van der Waals surface area contributed by atoms with Crippen LogP contribution >= 0.6 is 0 Å². The average molecular weight is 420 g/mol. The highest BCUT2D eigenvalue weighted by molar-refractivity contribution is 7.89. The number of nitrogens with one attached hydrogen (secondary N) is 1. The van der Waals surface area contributed by atoms with E-state index >= 15 is 0 Å². The molecular weight excluding hydrogens is 396 g/mol. The first-order valence-electron chi connectivity index (χ1n) is 9.30. The van der Waals surface area contributed by atoms with Gasteiger partial charge in [0.15, 0.2) is 4.90 Å². The molecule has 3 rings (SSSR count). The average Bonchev–Trinajstić information content (AvgIpc) is 2.73. The Balaban J connectivity index is 1.66. The Kier molecular flexibility index (Phi) is 6.04. The number of nitrogens with zero attached hydrogens (tertiary/aromatic N) is 3. The lowest BCUT2D eigenvalue weighted by Crippen LogP contribution is -2.46. The lowest BCUT2D eigenvalue weighted by atomic mass is 9.97. The fraction of sp³-hybridized carbons (Fsp3) is 0.421. The van der Waals surface area contributed by atoms with Gasteiger partial charge in [-0.15, -0.1) is 0 Å². The number of carbonyl (C=O) groups excluding carboxylic acids is 1. The Morgan fingerprint density at radius 2 is 1.72 bits per heavy atom. The lowest BCUT2D eigenvalue weighted by Gasteiger charge is -2.30. The first kappa shape index (κ1) is 21.0. The van der Waals surface area contributed by atoms with E-state index in [0.717, 1.165) is 20.9 Å². The van der Waals surface area contributed by atoms with Crippen molar-refractivity contribution < 1.29 is 13.2 Å². The van der Waals surface area contributed by atoms with E-state index in [1.807, 2.05) is 30.3 Å². The van der Waals surface area contributed by atoms with Gasteiger partial charge in [-0.2, -0.15) is 4.31 Å². The SMILES string of the molecule is Cn1cc(S(=O)(=O)N2CCC(C(=O)NCc3ccccc3)CC2)c(=O)n(C)c1=O. The van der Waals surface area contributed by atoms with E-state index < -0.39 is 26.2 Å². The van der Waals surface area contributed by atoms with Crippen LogP contribution in [0.4, 0.5) is 0 Å². The van der Waals surface area contributed by atoms with Crippen molar-refractivity contribution in [1.82, 2.24) is 18.8 Å². The van der Waals surface area contributed by atoms with E-state index in [0.29, 0.717) is 19.4 Å². The number of amides is 1. The van der Waals surface area contributed by atoms with Crippen LogP contribution < -0.4 is 16.6 Å². The zero-order valence-electron chi connectivity index (χ0n) is 16.4. The number of sulfonamides is 1. The van der Waals surface area contributed by atoms with E-state index in [1.165, 1.54) is 18.4 Å². The van der Waals surface area contributed by atoms with Crippen molar-refractivity contribution >= 4 is 15.9 Å². The second kappa shape index (κ2) is 8.34. The largest absolute Gasteiger partial charge is 0.352 e. The minimum Gasteiger partial charge on any atom is -0.352 e. The van der Waals surface area contributed by atoms with Gasteiger partial charge in [-0.1, -0.05) is 30.3 Å². The minimum atomic E-state index is -4.05. The molecule has 0 spiro atoms. The molecule has 2 aromatic rings. The lowest BCUT2D eigenvalue weighted by molar-refractivity contribution is -0.126. The van der Waals surface area contributed by atoms with Crippen LogP contribution in [0.1, 0.15) is 18.4 Å². The van der Waals surface area contributed by atoms with Gasteiger partial charge in [0.2, 0.25) is 15.9 Å². The smallest absolute Gasteiger partial charge is 0.330 e. The summed E-state index contributed by atoms with van der Waals surface area (Å²) in [7, 11) is -1.41. The summed E-state index contributed by atoms with van der Waals surface area (Å²) in [6.45, 7) is 0.696. The van der Waals surface area contributed by atoms with Gasteiger partial charge >= 0.3 is 5.69 Å². The molecule has 1 aliphatic rings. The van der Waals surface area contributed by atoms with Crippen LogP contribution in [0.3, 0.4) is 0 Å². The van der Waals surface area contributed by atoms with Gasteiger partial charge in [0.25, 0.3) is 5.56 Å². The molecule has 0 unspecified atom stereocenters. The molecule has 156 valence electrons. The number of aryl methyl sites for hydroxylation is 1. The molecule has 0 radical (unpaired) electrons. The summed E-state index contributed by atoms with van der Waals surface area (Å²) in [5, 5.41) is 2.89. The summed E-state index contributed by atoms with van der Waals surface area (Å²) >= 11 is 0. The standard InChI is InChI=1S/C19H24N4O5S/c1-21-13-16(18(25)22(2)19(21)26)29(27,28)23-10-8-15(9-11-23)17(24)20-12-14-6-4-3-5-7-14/h3-7,13,15H,8-12H2,1-2H3,(H,20,24). The monoisotopic (exact) mass is 420 g/mol. The van der Waals surface area contributed by atoms with Gasteiger partial charge in [0.1, 0.15) is 0 Å². The van der Waals surface area contributed by atoms with Gasteiger partial charge in [-0.05, 0) is 18.4 Å². The molecule has 10 heteroatoms. The van der Waals surface area contributed by atoms with Crippen LogP contribution in [0.15, 0.2) is 51.0 Å².